The normalized spacial score (nSPS) is 12.8. The number of hydrogen-bond acceptors (Lipinski definition) is 1. The van der Waals surface area contributed by atoms with E-state index in [1.165, 1.54) is 0 Å². The minimum Gasteiger partial charge on any atom is -0.388 e. The summed E-state index contributed by atoms with van der Waals surface area (Å²) >= 11 is 3.38. The Hall–Kier alpha value is -1.38. The molecule has 1 atom stereocenters. The second-order valence-electron chi connectivity index (χ2n) is 4.12. The molecule has 0 heterocycles. The van der Waals surface area contributed by atoms with Gasteiger partial charge in [-0.15, -0.1) is 0 Å². The third kappa shape index (κ3) is 3.83. The fourth-order valence-electron chi connectivity index (χ4n) is 1.72. The molecule has 0 aliphatic carbocycles. The Labute approximate surface area is 116 Å². The summed E-state index contributed by atoms with van der Waals surface area (Å²) in [6.07, 6.45) is 4.21. The van der Waals surface area contributed by atoms with Crippen LogP contribution < -0.4 is 0 Å². The molecule has 0 saturated heterocycles. The van der Waals surface area contributed by atoms with Crippen LogP contribution in [-0.4, -0.2) is 5.11 Å². The molecule has 0 aromatic heterocycles. The lowest BCUT2D eigenvalue weighted by Gasteiger charge is -2.08. The first-order chi connectivity index (χ1) is 8.75. The number of benzene rings is 2. The van der Waals surface area contributed by atoms with Crippen LogP contribution in [0.4, 0.5) is 0 Å². The van der Waals surface area contributed by atoms with Crippen LogP contribution in [0.5, 0.6) is 0 Å². The van der Waals surface area contributed by atoms with Gasteiger partial charge in [-0.2, -0.15) is 0 Å². The Kier molecular flexibility index (Phi) is 4.73. The topological polar surface area (TPSA) is 20.2 Å². The molecular formula is C16H15BrO. The van der Waals surface area contributed by atoms with E-state index in [-0.39, 0.29) is 0 Å². The summed E-state index contributed by atoms with van der Waals surface area (Å²) in [4.78, 5) is 0. The fourth-order valence-corrected chi connectivity index (χ4v) is 1.98. The summed E-state index contributed by atoms with van der Waals surface area (Å²) in [5.41, 5.74) is 2.09. The molecular weight excluding hydrogens is 288 g/mol. The average Bonchev–Trinajstić information content (AvgIpc) is 2.40. The van der Waals surface area contributed by atoms with Crippen molar-refractivity contribution >= 4 is 22.0 Å². The van der Waals surface area contributed by atoms with Crippen molar-refractivity contribution in [3.8, 4) is 0 Å². The van der Waals surface area contributed by atoms with Crippen LogP contribution in [0.25, 0.3) is 6.08 Å². The molecule has 0 radical (unpaired) electrons. The molecule has 1 nitrogen and oxygen atoms in total. The lowest BCUT2D eigenvalue weighted by atomic mass is 10.1. The van der Waals surface area contributed by atoms with E-state index >= 15 is 0 Å². The van der Waals surface area contributed by atoms with Gasteiger partial charge in [0.25, 0.3) is 0 Å². The molecule has 2 aromatic carbocycles. The summed E-state index contributed by atoms with van der Waals surface area (Å²) in [6.45, 7) is 0. The van der Waals surface area contributed by atoms with Gasteiger partial charge in [0.2, 0.25) is 0 Å². The summed E-state index contributed by atoms with van der Waals surface area (Å²) in [6, 6.07) is 17.9. The third-order valence-corrected chi connectivity index (χ3v) is 3.25. The first-order valence-electron chi connectivity index (χ1n) is 5.91. The van der Waals surface area contributed by atoms with Crippen molar-refractivity contribution in [3.05, 3.63) is 76.3 Å². The molecule has 2 aromatic rings. The van der Waals surface area contributed by atoms with Crippen molar-refractivity contribution in [1.82, 2.24) is 0 Å². The highest BCUT2D eigenvalue weighted by atomic mass is 79.9. The maximum atomic E-state index is 10.0. The highest BCUT2D eigenvalue weighted by Gasteiger charge is 2.04. The second-order valence-corrected chi connectivity index (χ2v) is 5.03. The maximum absolute atomic E-state index is 10.0. The molecule has 0 amide bonds. The molecule has 92 valence electrons. The Bertz CT molecular complexity index is 502. The van der Waals surface area contributed by atoms with Crippen molar-refractivity contribution in [2.75, 3.05) is 0 Å². The summed E-state index contributed by atoms with van der Waals surface area (Å²) < 4.78 is 1.03. The third-order valence-electron chi connectivity index (χ3n) is 2.72. The van der Waals surface area contributed by atoms with Crippen LogP contribution in [0, 0.1) is 0 Å². The van der Waals surface area contributed by atoms with Gasteiger partial charge < -0.3 is 5.11 Å². The number of hydrogen-bond donors (Lipinski definition) is 1. The molecule has 1 unspecified atom stereocenters. The van der Waals surface area contributed by atoms with Gasteiger partial charge in [0, 0.05) is 4.47 Å². The van der Waals surface area contributed by atoms with Crippen molar-refractivity contribution in [3.63, 3.8) is 0 Å². The van der Waals surface area contributed by atoms with Gasteiger partial charge in [-0.05, 0) is 29.7 Å². The number of aliphatic hydroxyl groups is 1. The average molecular weight is 303 g/mol. The van der Waals surface area contributed by atoms with Crippen LogP contribution in [0.3, 0.4) is 0 Å². The van der Waals surface area contributed by atoms with Crippen molar-refractivity contribution in [2.45, 2.75) is 12.5 Å². The Morgan fingerprint density at radius 2 is 1.67 bits per heavy atom. The van der Waals surface area contributed by atoms with Gasteiger partial charge in [0.15, 0.2) is 0 Å². The van der Waals surface area contributed by atoms with E-state index in [0.29, 0.717) is 6.42 Å². The highest BCUT2D eigenvalue weighted by Crippen LogP contribution is 2.20. The molecule has 18 heavy (non-hydrogen) atoms. The zero-order chi connectivity index (χ0) is 12.8. The zero-order valence-electron chi connectivity index (χ0n) is 9.96. The highest BCUT2D eigenvalue weighted by molar-refractivity contribution is 9.10. The van der Waals surface area contributed by atoms with Gasteiger partial charge >= 0.3 is 0 Å². The van der Waals surface area contributed by atoms with Gasteiger partial charge in [0.1, 0.15) is 0 Å². The second kappa shape index (κ2) is 6.53. The lowest BCUT2D eigenvalue weighted by Crippen LogP contribution is -1.94. The fraction of sp³-hybridized carbons (Fsp3) is 0.125. The van der Waals surface area contributed by atoms with Crippen molar-refractivity contribution < 1.29 is 5.11 Å². The molecule has 2 rings (SSSR count). The van der Waals surface area contributed by atoms with Crippen LogP contribution in [0.1, 0.15) is 23.7 Å². The standard InChI is InChI=1S/C16H15BrO/c17-15-11-9-14(10-12-15)16(18)8-4-7-13-5-2-1-3-6-13/h1-7,9-12,16,18H,8H2/b7-4-. The quantitative estimate of drug-likeness (QED) is 0.876. The molecule has 2 heteroatoms. The number of halogens is 1. The van der Waals surface area contributed by atoms with Gasteiger partial charge in [0.05, 0.1) is 6.10 Å². The van der Waals surface area contributed by atoms with E-state index in [1.54, 1.807) is 0 Å². The minimum absolute atomic E-state index is 0.446. The Balaban J connectivity index is 1.94. The summed E-state index contributed by atoms with van der Waals surface area (Å²) in [5, 5.41) is 10.0. The van der Waals surface area contributed by atoms with E-state index in [4.69, 9.17) is 0 Å². The lowest BCUT2D eigenvalue weighted by molar-refractivity contribution is 0.182. The first kappa shape index (κ1) is 13.1. The van der Waals surface area contributed by atoms with Gasteiger partial charge in [-0.25, -0.2) is 0 Å². The van der Waals surface area contributed by atoms with E-state index in [1.807, 2.05) is 66.7 Å². The summed E-state index contributed by atoms with van der Waals surface area (Å²) in [5.74, 6) is 0. The Morgan fingerprint density at radius 1 is 1.00 bits per heavy atom. The predicted octanol–water partition coefficient (Wildman–Crippen LogP) is 4.59. The van der Waals surface area contributed by atoms with Crippen molar-refractivity contribution in [1.29, 1.82) is 0 Å². The van der Waals surface area contributed by atoms with Crippen LogP contribution >= 0.6 is 15.9 Å². The molecule has 0 saturated carbocycles. The molecule has 0 fully saturated rings. The monoisotopic (exact) mass is 302 g/mol. The van der Waals surface area contributed by atoms with E-state index in [2.05, 4.69) is 15.9 Å². The predicted molar refractivity (Wildman–Crippen MR) is 79.2 cm³/mol. The molecule has 0 aliphatic rings. The first-order valence-corrected chi connectivity index (χ1v) is 6.70. The molecule has 1 N–H and O–H groups in total. The number of aliphatic hydroxyl groups excluding tert-OH is 1. The van der Waals surface area contributed by atoms with Gasteiger partial charge in [-0.3, -0.25) is 0 Å². The molecule has 0 bridgehead atoms. The maximum Gasteiger partial charge on any atom is 0.0824 e. The van der Waals surface area contributed by atoms with E-state index in [9.17, 15) is 5.11 Å². The van der Waals surface area contributed by atoms with Crippen LogP contribution in [-0.2, 0) is 0 Å². The van der Waals surface area contributed by atoms with E-state index < -0.39 is 6.10 Å². The van der Waals surface area contributed by atoms with Gasteiger partial charge in [-0.1, -0.05) is 70.5 Å². The number of rotatable bonds is 4. The van der Waals surface area contributed by atoms with Crippen LogP contribution in [0.2, 0.25) is 0 Å². The van der Waals surface area contributed by atoms with E-state index in [0.717, 1.165) is 15.6 Å². The van der Waals surface area contributed by atoms with Crippen LogP contribution in [0.15, 0.2) is 65.1 Å². The minimum atomic E-state index is -0.446. The SMILES string of the molecule is OC(C/C=C\c1ccccc1)c1ccc(Br)cc1. The smallest absolute Gasteiger partial charge is 0.0824 e. The molecule has 0 spiro atoms. The molecule has 0 aliphatic heterocycles. The Morgan fingerprint density at radius 3 is 2.33 bits per heavy atom. The largest absolute Gasteiger partial charge is 0.388 e. The summed E-state index contributed by atoms with van der Waals surface area (Å²) in [7, 11) is 0. The van der Waals surface area contributed by atoms with Crippen molar-refractivity contribution in [2.24, 2.45) is 0 Å². The zero-order valence-corrected chi connectivity index (χ0v) is 11.5.